The number of aryl methyl sites for hydroxylation is 1. The van der Waals surface area contributed by atoms with Gasteiger partial charge in [0.25, 0.3) is 0 Å². The topological polar surface area (TPSA) is 84.0 Å². The van der Waals surface area contributed by atoms with E-state index in [0.717, 1.165) is 12.0 Å². The molecule has 0 unspecified atom stereocenters. The number of halogens is 1. The third-order valence-corrected chi connectivity index (χ3v) is 9.69. The van der Waals surface area contributed by atoms with Crippen LogP contribution in [0.1, 0.15) is 24.0 Å². The van der Waals surface area contributed by atoms with Crippen LogP contribution in [0.2, 0.25) is 5.02 Å². The normalized spacial score (nSPS) is 32.6. The first-order chi connectivity index (χ1) is 18.2. The molecule has 0 radical (unpaired) electrons. The molecule has 0 N–H and O–H groups in total. The van der Waals surface area contributed by atoms with Crippen molar-refractivity contribution in [1.82, 2.24) is 0 Å². The highest BCUT2D eigenvalue weighted by Crippen LogP contribution is 2.65. The molecule has 0 aromatic heterocycles. The highest BCUT2D eigenvalue weighted by molar-refractivity contribution is 6.31. The predicted molar refractivity (Wildman–Crippen MR) is 141 cm³/mol. The fraction of sp³-hybridized carbons (Fsp3) is 0.400. The first kappa shape index (κ1) is 23.7. The lowest BCUT2D eigenvalue weighted by Gasteiger charge is -2.37. The number of carbonyl (C=O) groups is 4. The molecule has 2 aromatic rings. The molecule has 194 valence electrons. The second kappa shape index (κ2) is 8.27. The van der Waals surface area contributed by atoms with Gasteiger partial charge in [0.2, 0.25) is 17.7 Å². The van der Waals surface area contributed by atoms with Crippen LogP contribution in [-0.2, 0) is 19.2 Å². The minimum Gasteiger partial charge on any atom is -0.426 e. The number of esters is 1. The fourth-order valence-electron chi connectivity index (χ4n) is 7.32. The Morgan fingerprint density at radius 1 is 0.947 bits per heavy atom. The van der Waals surface area contributed by atoms with Crippen LogP contribution in [0.15, 0.2) is 48.6 Å². The molecule has 0 spiro atoms. The monoisotopic (exact) mass is 530 g/mol. The summed E-state index contributed by atoms with van der Waals surface area (Å²) >= 11 is 6.22. The smallest absolute Gasteiger partial charge is 0.316 e. The van der Waals surface area contributed by atoms with Crippen LogP contribution < -0.4 is 14.5 Å². The minimum atomic E-state index is -0.611. The molecular formula is C30H27ClN2O5. The zero-order chi connectivity index (χ0) is 26.5. The van der Waals surface area contributed by atoms with Gasteiger partial charge in [-0.25, -0.2) is 4.90 Å². The SMILES string of the molecule is Cc1cc(OC(=O)[C@@H]2CC(=O)N(c3cccc(Cl)c3C)C2)ccc1N1C(=O)[C@@H]2[C@H]3C=C[C@@H]([C@@H]4C[C@H]34)[C@@H]2C1=O. The number of hydrogen-bond acceptors (Lipinski definition) is 5. The number of anilines is 2. The van der Waals surface area contributed by atoms with Crippen LogP contribution >= 0.6 is 11.6 Å². The van der Waals surface area contributed by atoms with Gasteiger partial charge in [0.05, 0.1) is 23.4 Å². The van der Waals surface area contributed by atoms with E-state index in [0.29, 0.717) is 39.5 Å². The predicted octanol–water partition coefficient (Wildman–Crippen LogP) is 4.47. The zero-order valence-electron chi connectivity index (χ0n) is 21.1. The molecule has 2 aliphatic heterocycles. The van der Waals surface area contributed by atoms with E-state index in [1.54, 1.807) is 35.2 Å². The lowest BCUT2D eigenvalue weighted by atomic mass is 9.63. The molecule has 2 bridgehead atoms. The van der Waals surface area contributed by atoms with Crippen LogP contribution in [0.3, 0.4) is 0 Å². The number of amides is 3. The molecule has 6 aliphatic rings. The first-order valence-electron chi connectivity index (χ1n) is 13.2. The highest BCUT2D eigenvalue weighted by atomic mass is 35.5. The Bertz CT molecular complexity index is 1430. The third-order valence-electron chi connectivity index (χ3n) is 9.28. The Morgan fingerprint density at radius 2 is 1.63 bits per heavy atom. The van der Waals surface area contributed by atoms with Gasteiger partial charge < -0.3 is 9.64 Å². The summed E-state index contributed by atoms with van der Waals surface area (Å²) in [6, 6.07) is 10.3. The van der Waals surface area contributed by atoms with E-state index in [-0.39, 0.29) is 54.4 Å². The van der Waals surface area contributed by atoms with Crippen molar-refractivity contribution >= 4 is 46.7 Å². The second-order valence-corrected chi connectivity index (χ2v) is 11.7. The molecule has 8 heteroatoms. The van der Waals surface area contributed by atoms with Crippen molar-refractivity contribution < 1.29 is 23.9 Å². The number of carbonyl (C=O) groups excluding carboxylic acids is 4. The van der Waals surface area contributed by atoms with Crippen LogP contribution in [0.5, 0.6) is 5.75 Å². The van der Waals surface area contributed by atoms with Crippen molar-refractivity contribution in [3.05, 3.63) is 64.7 Å². The first-order valence-corrected chi connectivity index (χ1v) is 13.6. The minimum absolute atomic E-state index is 0.0553. The van der Waals surface area contributed by atoms with Crippen molar-refractivity contribution in [3.63, 3.8) is 0 Å². The molecule has 7 nitrogen and oxygen atoms in total. The summed E-state index contributed by atoms with van der Waals surface area (Å²) in [7, 11) is 0. The maximum atomic E-state index is 13.5. The number of imide groups is 1. The van der Waals surface area contributed by atoms with Gasteiger partial charge in [-0.2, -0.15) is 0 Å². The van der Waals surface area contributed by atoms with Crippen LogP contribution in [0.25, 0.3) is 0 Å². The van der Waals surface area contributed by atoms with Crippen molar-refractivity contribution in [1.29, 1.82) is 0 Å². The summed E-state index contributed by atoms with van der Waals surface area (Å²) in [5.74, 6) is -0.251. The van der Waals surface area contributed by atoms with Crippen LogP contribution in [0.4, 0.5) is 11.4 Å². The van der Waals surface area contributed by atoms with Gasteiger partial charge in [0, 0.05) is 23.7 Å². The van der Waals surface area contributed by atoms with Crippen LogP contribution in [-0.4, -0.2) is 30.2 Å². The Labute approximate surface area is 225 Å². The largest absolute Gasteiger partial charge is 0.426 e. The van der Waals surface area contributed by atoms with E-state index in [1.165, 1.54) is 4.90 Å². The number of benzene rings is 2. The quantitative estimate of drug-likeness (QED) is 0.252. The van der Waals surface area contributed by atoms with E-state index >= 15 is 0 Å². The van der Waals surface area contributed by atoms with Gasteiger partial charge in [0.15, 0.2) is 0 Å². The summed E-state index contributed by atoms with van der Waals surface area (Å²) in [5.41, 5.74) is 2.70. The van der Waals surface area contributed by atoms with Gasteiger partial charge in [-0.1, -0.05) is 29.8 Å². The number of rotatable bonds is 4. The van der Waals surface area contributed by atoms with E-state index in [4.69, 9.17) is 16.3 Å². The maximum absolute atomic E-state index is 13.5. The van der Waals surface area contributed by atoms with E-state index in [1.807, 2.05) is 19.9 Å². The standard InChI is InChI=1S/C30H27ClN2O5/c1-14-10-17(38-30(37)16-11-25(34)32(13-16)24-5-3-4-22(31)15(24)2)6-9-23(14)33-28(35)26-18-7-8-19(21-12-20(18)21)27(26)29(33)36/h3-10,16,18-21,26-27H,11-13H2,1-2H3/t16-,18+,19+,20-,21+,26-,27+/m1/s1. The molecule has 4 aliphatic carbocycles. The van der Waals surface area contributed by atoms with Crippen molar-refractivity contribution in [2.75, 3.05) is 16.3 Å². The highest BCUT2D eigenvalue weighted by Gasteiger charge is 2.67. The molecular weight excluding hydrogens is 504 g/mol. The average Bonchev–Trinajstić information content (AvgIpc) is 3.57. The summed E-state index contributed by atoms with van der Waals surface area (Å²) < 4.78 is 5.65. The van der Waals surface area contributed by atoms with Gasteiger partial charge >= 0.3 is 5.97 Å². The lowest BCUT2D eigenvalue weighted by Crippen LogP contribution is -2.40. The molecule has 7 atom stereocenters. The molecule has 8 rings (SSSR count). The van der Waals surface area contributed by atoms with Gasteiger partial charge in [-0.15, -0.1) is 0 Å². The molecule has 38 heavy (non-hydrogen) atoms. The summed E-state index contributed by atoms with van der Waals surface area (Å²) in [6.45, 7) is 3.87. The molecule has 3 amide bonds. The van der Waals surface area contributed by atoms with E-state index in [2.05, 4.69) is 12.2 Å². The molecule has 4 fully saturated rings. The van der Waals surface area contributed by atoms with Gasteiger partial charge in [0.1, 0.15) is 5.75 Å². The van der Waals surface area contributed by atoms with Crippen molar-refractivity contribution in [2.45, 2.75) is 26.7 Å². The number of hydrogen-bond donors (Lipinski definition) is 0. The second-order valence-electron chi connectivity index (χ2n) is 11.3. The number of ether oxygens (including phenoxy) is 1. The molecule has 2 saturated carbocycles. The Kier molecular flexibility index (Phi) is 5.15. The molecule has 2 saturated heterocycles. The Balaban J connectivity index is 1.07. The number of nitrogens with zero attached hydrogens (tertiary/aromatic N) is 2. The van der Waals surface area contributed by atoms with Gasteiger partial charge in [-0.05, 0) is 85.4 Å². The summed E-state index contributed by atoms with van der Waals surface area (Å²) in [5, 5.41) is 0.562. The number of allylic oxidation sites excluding steroid dienone is 2. The lowest BCUT2D eigenvalue weighted by molar-refractivity contribution is -0.139. The van der Waals surface area contributed by atoms with Crippen molar-refractivity contribution in [2.24, 2.45) is 41.4 Å². The molecule has 2 aromatic carbocycles. The summed E-state index contributed by atoms with van der Waals surface area (Å²) in [4.78, 5) is 55.5. The third kappa shape index (κ3) is 3.34. The van der Waals surface area contributed by atoms with Crippen molar-refractivity contribution in [3.8, 4) is 5.75 Å². The van der Waals surface area contributed by atoms with Gasteiger partial charge in [-0.3, -0.25) is 19.2 Å². The zero-order valence-corrected chi connectivity index (χ0v) is 21.9. The molecule has 2 heterocycles. The fourth-order valence-corrected chi connectivity index (χ4v) is 7.49. The average molecular weight is 531 g/mol. The Morgan fingerprint density at radius 3 is 2.29 bits per heavy atom. The maximum Gasteiger partial charge on any atom is 0.316 e. The van der Waals surface area contributed by atoms with E-state index in [9.17, 15) is 19.2 Å². The summed E-state index contributed by atoms with van der Waals surface area (Å²) in [6.07, 6.45) is 5.50. The van der Waals surface area contributed by atoms with E-state index < -0.39 is 11.9 Å². The Hall–Kier alpha value is -3.45. The van der Waals surface area contributed by atoms with Crippen LogP contribution in [0, 0.1) is 55.3 Å².